The molecular formula is C17H19N7O2. The minimum Gasteiger partial charge on any atom is -0.493 e. The van der Waals surface area contributed by atoms with Crippen LogP contribution in [0.15, 0.2) is 18.2 Å². The average Bonchev–Trinajstić information content (AvgIpc) is 3.03. The van der Waals surface area contributed by atoms with E-state index < -0.39 is 6.03 Å². The lowest BCUT2D eigenvalue weighted by atomic mass is 10.1. The zero-order valence-corrected chi connectivity index (χ0v) is 14.5. The Balaban J connectivity index is 1.65. The number of rotatable bonds is 7. The highest BCUT2D eigenvalue weighted by Gasteiger charge is 2.14. The maximum Gasteiger partial charge on any atom is 0.388 e. The first kappa shape index (κ1) is 18.6. The molecule has 0 saturated heterocycles. The Morgan fingerprint density at radius 3 is 2.77 bits per heavy atom. The van der Waals surface area contributed by atoms with E-state index in [-0.39, 0.29) is 17.6 Å². The summed E-state index contributed by atoms with van der Waals surface area (Å²) in [5.41, 5.74) is 7.14. The Morgan fingerprint density at radius 2 is 2.12 bits per heavy atom. The molecule has 0 aliphatic carbocycles. The van der Waals surface area contributed by atoms with Crippen LogP contribution in [0.4, 0.5) is 22.4 Å². The quantitative estimate of drug-likeness (QED) is 0.349. The third-order valence-electron chi connectivity index (χ3n) is 3.37. The third-order valence-corrected chi connectivity index (χ3v) is 3.37. The van der Waals surface area contributed by atoms with Crippen LogP contribution < -0.4 is 20.9 Å². The van der Waals surface area contributed by atoms with Crippen molar-refractivity contribution in [2.75, 3.05) is 18.6 Å². The van der Waals surface area contributed by atoms with E-state index in [1.165, 1.54) is 5.56 Å². The highest BCUT2D eigenvalue weighted by molar-refractivity contribution is 5.75. The second-order valence-corrected chi connectivity index (χ2v) is 5.46. The lowest BCUT2D eigenvalue weighted by molar-refractivity contribution is 0.241. The van der Waals surface area contributed by atoms with E-state index in [0.29, 0.717) is 19.6 Å². The van der Waals surface area contributed by atoms with E-state index in [9.17, 15) is 4.79 Å². The second kappa shape index (κ2) is 8.94. The number of hydrazine groups is 1. The largest absolute Gasteiger partial charge is 0.493 e. The Morgan fingerprint density at radius 1 is 1.31 bits per heavy atom. The molecule has 0 spiro atoms. The lowest BCUT2D eigenvalue weighted by Crippen LogP contribution is -2.40. The number of ether oxygens (including phenoxy) is 1. The van der Waals surface area contributed by atoms with Gasteiger partial charge in [-0.15, -0.1) is 0 Å². The van der Waals surface area contributed by atoms with Crippen molar-refractivity contribution < 1.29 is 9.53 Å². The van der Waals surface area contributed by atoms with Crippen LogP contribution in [0.2, 0.25) is 0 Å². The van der Waals surface area contributed by atoms with Crippen LogP contribution in [0.3, 0.4) is 0 Å². The number of nitrogens with one attached hydrogen (secondary N) is 4. The molecule has 1 heterocycles. The predicted octanol–water partition coefficient (Wildman–Crippen LogP) is 3.22. The van der Waals surface area contributed by atoms with Gasteiger partial charge in [0.2, 0.25) is 0 Å². The van der Waals surface area contributed by atoms with Crippen molar-refractivity contribution in [2.45, 2.75) is 20.3 Å². The number of nitrogens with zero attached hydrogens (tertiary/aromatic N) is 3. The van der Waals surface area contributed by atoms with Crippen molar-refractivity contribution >= 4 is 23.6 Å². The van der Waals surface area contributed by atoms with E-state index in [0.717, 1.165) is 11.3 Å². The second-order valence-electron chi connectivity index (χ2n) is 5.46. The molecule has 2 amide bonds. The van der Waals surface area contributed by atoms with E-state index in [1.807, 2.05) is 26.0 Å². The van der Waals surface area contributed by atoms with Gasteiger partial charge in [-0.3, -0.25) is 4.98 Å². The monoisotopic (exact) mass is 353 g/mol. The number of urea groups is 1. The van der Waals surface area contributed by atoms with E-state index in [2.05, 4.69) is 41.9 Å². The van der Waals surface area contributed by atoms with Crippen molar-refractivity contribution in [2.24, 2.45) is 0 Å². The molecule has 0 radical (unpaired) electrons. The van der Waals surface area contributed by atoms with Crippen LogP contribution in [0.5, 0.6) is 5.75 Å². The number of benzene rings is 1. The zero-order chi connectivity index (χ0) is 18.9. The number of amides is 2. The molecule has 1 aromatic carbocycles. The van der Waals surface area contributed by atoms with Gasteiger partial charge in [0.05, 0.1) is 6.61 Å². The Hall–Kier alpha value is -3.72. The minimum atomic E-state index is -0.457. The molecule has 1 aromatic heterocycles. The molecule has 0 fully saturated rings. The summed E-state index contributed by atoms with van der Waals surface area (Å²) in [6.07, 6.45) is 0.644. The first-order valence-electron chi connectivity index (χ1n) is 7.88. The average molecular weight is 353 g/mol. The van der Waals surface area contributed by atoms with E-state index in [4.69, 9.17) is 17.9 Å². The van der Waals surface area contributed by atoms with Gasteiger partial charge in [-0.25, -0.2) is 15.6 Å². The van der Waals surface area contributed by atoms with Crippen LogP contribution in [-0.4, -0.2) is 29.2 Å². The molecule has 2 rings (SSSR count). The van der Waals surface area contributed by atoms with Crippen molar-refractivity contribution in [3.8, 4) is 5.75 Å². The zero-order valence-electron chi connectivity index (χ0n) is 14.5. The molecule has 0 unspecified atom stereocenters. The maximum absolute atomic E-state index is 11.7. The Bertz CT molecular complexity index is 829. The highest BCUT2D eigenvalue weighted by Crippen LogP contribution is 2.26. The van der Waals surface area contributed by atoms with Gasteiger partial charge < -0.3 is 19.7 Å². The number of carbonyl (C=O) groups excluding carboxylic acids is 1. The fourth-order valence-corrected chi connectivity index (χ4v) is 2.15. The summed E-state index contributed by atoms with van der Waals surface area (Å²) in [6, 6.07) is 5.53. The van der Waals surface area contributed by atoms with Gasteiger partial charge in [-0.05, 0) is 31.9 Å². The van der Waals surface area contributed by atoms with Gasteiger partial charge in [-0.1, -0.05) is 35.8 Å². The molecule has 4 N–H and O–H groups in total. The number of aromatic nitrogens is 2. The molecule has 0 saturated carbocycles. The SMILES string of the molecule is [C-]#[N+]c1nc(NNC(=O)NCCCOc2ccc(C)cc2C)[nH]c1[N+]#[C-]. The van der Waals surface area contributed by atoms with Crippen molar-refractivity contribution in [3.63, 3.8) is 0 Å². The number of H-pyrrole nitrogens is 1. The third kappa shape index (κ3) is 5.14. The van der Waals surface area contributed by atoms with Gasteiger partial charge in [0.1, 0.15) is 5.75 Å². The van der Waals surface area contributed by atoms with Crippen LogP contribution in [-0.2, 0) is 0 Å². The number of carbonyl (C=O) groups is 1. The van der Waals surface area contributed by atoms with E-state index >= 15 is 0 Å². The molecule has 0 aliphatic heterocycles. The highest BCUT2D eigenvalue weighted by atomic mass is 16.5. The van der Waals surface area contributed by atoms with Gasteiger partial charge >= 0.3 is 12.0 Å². The lowest BCUT2D eigenvalue weighted by Gasteiger charge is -2.10. The van der Waals surface area contributed by atoms with Crippen molar-refractivity contribution in [1.29, 1.82) is 0 Å². The number of anilines is 1. The molecule has 9 heteroatoms. The minimum absolute atomic E-state index is 0.0215. The first-order chi connectivity index (χ1) is 12.5. The Labute approximate surface area is 151 Å². The molecule has 0 atom stereocenters. The first-order valence-corrected chi connectivity index (χ1v) is 7.88. The van der Waals surface area contributed by atoms with Crippen molar-refractivity contribution in [3.05, 3.63) is 52.2 Å². The summed E-state index contributed by atoms with van der Waals surface area (Å²) in [4.78, 5) is 24.3. The normalized spacial score (nSPS) is 9.69. The van der Waals surface area contributed by atoms with Crippen LogP contribution >= 0.6 is 0 Å². The standard InChI is InChI=1S/C17H19N7O2/c1-11-6-7-13(12(2)10-11)26-9-5-8-20-17(25)24-23-16-21-14(18-3)15(19-4)22-16/h6-7,10H,5,8-9H2,1-2H3,(H2,20,24,25)(H2,21,22,23). The molecule has 134 valence electrons. The van der Waals surface area contributed by atoms with Crippen LogP contribution in [0.25, 0.3) is 9.69 Å². The summed E-state index contributed by atoms with van der Waals surface area (Å²) in [5, 5.41) is 2.66. The topological polar surface area (TPSA) is 99.8 Å². The summed E-state index contributed by atoms with van der Waals surface area (Å²) in [6.45, 7) is 18.7. The molecular weight excluding hydrogens is 334 g/mol. The van der Waals surface area contributed by atoms with Crippen molar-refractivity contribution in [1.82, 2.24) is 20.7 Å². The molecule has 2 aromatic rings. The fourth-order valence-electron chi connectivity index (χ4n) is 2.15. The van der Waals surface area contributed by atoms with Gasteiger partial charge in [-0.2, -0.15) is 0 Å². The van der Waals surface area contributed by atoms with Gasteiger partial charge in [0.25, 0.3) is 11.6 Å². The summed E-state index contributed by atoms with van der Waals surface area (Å²) in [5.74, 6) is 0.933. The Kier molecular flexibility index (Phi) is 6.40. The van der Waals surface area contributed by atoms with Gasteiger partial charge in [0, 0.05) is 6.54 Å². The van der Waals surface area contributed by atoms with Crippen LogP contribution in [0, 0.1) is 27.0 Å². The number of hydrogen-bond acceptors (Lipinski definition) is 4. The number of aromatic amines is 1. The summed E-state index contributed by atoms with van der Waals surface area (Å²) < 4.78 is 5.68. The smallest absolute Gasteiger partial charge is 0.388 e. The fraction of sp³-hybridized carbons (Fsp3) is 0.294. The van der Waals surface area contributed by atoms with Crippen LogP contribution in [0.1, 0.15) is 17.5 Å². The number of imidazole rings is 1. The number of aryl methyl sites for hydroxylation is 2. The molecule has 9 nitrogen and oxygen atoms in total. The van der Waals surface area contributed by atoms with Gasteiger partial charge in [0.15, 0.2) is 0 Å². The van der Waals surface area contributed by atoms with E-state index in [1.54, 1.807) is 0 Å². The summed E-state index contributed by atoms with van der Waals surface area (Å²) >= 11 is 0. The predicted molar refractivity (Wildman–Crippen MR) is 97.3 cm³/mol. The summed E-state index contributed by atoms with van der Waals surface area (Å²) in [7, 11) is 0. The molecule has 26 heavy (non-hydrogen) atoms. The number of hydrogen-bond donors (Lipinski definition) is 4. The maximum atomic E-state index is 11.7. The molecule has 0 bridgehead atoms. The molecule has 0 aliphatic rings.